The number of benzene rings is 1. The van der Waals surface area contributed by atoms with E-state index in [1.54, 1.807) is 18.2 Å². The number of nitrogen functional groups attached to an aromatic ring is 1. The zero-order chi connectivity index (χ0) is 13.8. The normalized spacial score (nSPS) is 10.5. The minimum absolute atomic E-state index is 0.00293. The Kier molecular flexibility index (Phi) is 3.65. The van der Waals surface area contributed by atoms with Gasteiger partial charge >= 0.3 is 0 Å². The molecule has 19 heavy (non-hydrogen) atoms. The molecule has 0 aliphatic carbocycles. The molecule has 3 N–H and O–H groups in total. The van der Waals surface area contributed by atoms with Gasteiger partial charge in [-0.15, -0.1) is 0 Å². The molecule has 100 valence electrons. The summed E-state index contributed by atoms with van der Waals surface area (Å²) < 4.78 is 9.97. The molecule has 0 bridgehead atoms. The van der Waals surface area contributed by atoms with Crippen LogP contribution in [0.25, 0.3) is 0 Å². The van der Waals surface area contributed by atoms with E-state index >= 15 is 0 Å². The lowest BCUT2D eigenvalue weighted by molar-refractivity contribution is 0.101. The smallest absolute Gasteiger partial charge is 0.281 e. The Balaban J connectivity index is 2.19. The molecule has 0 spiro atoms. The summed E-state index contributed by atoms with van der Waals surface area (Å²) in [4.78, 5) is 11.9. The van der Waals surface area contributed by atoms with Crippen LogP contribution < -0.4 is 15.8 Å². The lowest BCUT2D eigenvalue weighted by atomic mass is 10.2. The van der Waals surface area contributed by atoms with Crippen molar-refractivity contribution >= 4 is 17.4 Å². The van der Waals surface area contributed by atoms with Crippen molar-refractivity contribution in [2.45, 2.75) is 20.0 Å². The summed E-state index contributed by atoms with van der Waals surface area (Å²) in [6.45, 7) is 3.80. The fourth-order valence-corrected chi connectivity index (χ4v) is 1.46. The third-order valence-electron chi connectivity index (χ3n) is 2.23. The highest BCUT2D eigenvalue weighted by molar-refractivity contribution is 6.06. The van der Waals surface area contributed by atoms with Crippen LogP contribution in [0, 0.1) is 0 Å². The first kappa shape index (κ1) is 12.9. The molecule has 0 radical (unpaired) electrons. The number of nitrogens with zero attached hydrogens (tertiary/aromatic N) is 2. The van der Waals surface area contributed by atoms with Gasteiger partial charge in [0.2, 0.25) is 11.5 Å². The van der Waals surface area contributed by atoms with Crippen LogP contribution in [0.15, 0.2) is 28.9 Å². The summed E-state index contributed by atoms with van der Waals surface area (Å²) in [5, 5.41) is 9.44. The number of nitrogens with one attached hydrogen (secondary N) is 1. The molecule has 2 rings (SSSR count). The average molecular weight is 262 g/mol. The molecule has 0 unspecified atom stereocenters. The van der Waals surface area contributed by atoms with Crippen LogP contribution in [-0.2, 0) is 0 Å². The van der Waals surface area contributed by atoms with Gasteiger partial charge in [0, 0.05) is 0 Å². The van der Waals surface area contributed by atoms with Gasteiger partial charge in [-0.25, -0.2) is 4.63 Å². The highest BCUT2D eigenvalue weighted by Gasteiger charge is 2.17. The van der Waals surface area contributed by atoms with Crippen molar-refractivity contribution in [1.29, 1.82) is 0 Å². The molecule has 0 fully saturated rings. The minimum atomic E-state index is -0.501. The van der Waals surface area contributed by atoms with E-state index in [1.165, 1.54) is 0 Å². The van der Waals surface area contributed by atoms with E-state index in [2.05, 4.69) is 20.3 Å². The zero-order valence-corrected chi connectivity index (χ0v) is 10.6. The second-order valence-electron chi connectivity index (χ2n) is 4.11. The van der Waals surface area contributed by atoms with Gasteiger partial charge in [-0.2, -0.15) is 0 Å². The van der Waals surface area contributed by atoms with Crippen molar-refractivity contribution in [2.24, 2.45) is 0 Å². The first-order valence-corrected chi connectivity index (χ1v) is 5.73. The largest absolute Gasteiger partial charge is 0.489 e. The molecule has 0 saturated heterocycles. The number of hydrogen-bond acceptors (Lipinski definition) is 6. The summed E-state index contributed by atoms with van der Waals surface area (Å²) in [6, 6.07) is 7.09. The second-order valence-corrected chi connectivity index (χ2v) is 4.11. The van der Waals surface area contributed by atoms with Crippen LogP contribution in [0.3, 0.4) is 0 Å². The topological polar surface area (TPSA) is 103 Å². The predicted octanol–water partition coefficient (Wildman–Crippen LogP) is 1.69. The van der Waals surface area contributed by atoms with Crippen LogP contribution >= 0.6 is 0 Å². The van der Waals surface area contributed by atoms with Crippen molar-refractivity contribution in [3.05, 3.63) is 30.0 Å². The molecular formula is C12H14N4O3. The SMILES string of the molecule is CC(C)Oc1ccccc1NC(=O)c1nonc1N. The van der Waals surface area contributed by atoms with E-state index in [0.29, 0.717) is 11.4 Å². The number of rotatable bonds is 4. The van der Waals surface area contributed by atoms with Crippen LogP contribution in [0.1, 0.15) is 24.3 Å². The molecule has 7 nitrogen and oxygen atoms in total. The summed E-state index contributed by atoms with van der Waals surface area (Å²) in [7, 11) is 0. The number of aromatic nitrogens is 2. The maximum absolute atomic E-state index is 11.9. The van der Waals surface area contributed by atoms with E-state index in [1.807, 2.05) is 19.9 Å². The third kappa shape index (κ3) is 3.01. The van der Waals surface area contributed by atoms with Crippen molar-refractivity contribution in [2.75, 3.05) is 11.1 Å². The van der Waals surface area contributed by atoms with E-state index in [0.717, 1.165) is 0 Å². The lowest BCUT2D eigenvalue weighted by Gasteiger charge is -2.14. The summed E-state index contributed by atoms with van der Waals surface area (Å²) in [6.07, 6.45) is -0.00293. The van der Waals surface area contributed by atoms with Gasteiger partial charge in [0.05, 0.1) is 11.8 Å². The fourth-order valence-electron chi connectivity index (χ4n) is 1.46. The Morgan fingerprint density at radius 3 is 2.74 bits per heavy atom. The molecule has 1 heterocycles. The number of carbonyl (C=O) groups is 1. The molecule has 1 amide bonds. The van der Waals surface area contributed by atoms with Gasteiger partial charge in [0.15, 0.2) is 0 Å². The fraction of sp³-hybridized carbons (Fsp3) is 0.250. The standard InChI is InChI=1S/C12H14N4O3/c1-7(2)18-9-6-4-3-5-8(9)14-12(17)10-11(13)16-19-15-10/h3-7H,1-2H3,(H2,13,16)(H,14,17). The summed E-state index contributed by atoms with van der Waals surface area (Å²) in [5.74, 6) is 0.0131. The molecule has 0 saturated carbocycles. The van der Waals surface area contributed by atoms with Crippen molar-refractivity contribution in [3.8, 4) is 5.75 Å². The molecule has 0 aliphatic heterocycles. The highest BCUT2D eigenvalue weighted by Crippen LogP contribution is 2.25. The monoisotopic (exact) mass is 262 g/mol. The maximum atomic E-state index is 11.9. The van der Waals surface area contributed by atoms with E-state index in [4.69, 9.17) is 10.5 Å². The molecular weight excluding hydrogens is 248 g/mol. The van der Waals surface area contributed by atoms with Crippen LogP contribution in [0.2, 0.25) is 0 Å². The van der Waals surface area contributed by atoms with E-state index in [-0.39, 0.29) is 17.6 Å². The Morgan fingerprint density at radius 2 is 2.11 bits per heavy atom. The molecule has 1 aromatic carbocycles. The third-order valence-corrected chi connectivity index (χ3v) is 2.23. The Morgan fingerprint density at radius 1 is 1.37 bits per heavy atom. The lowest BCUT2D eigenvalue weighted by Crippen LogP contribution is -2.16. The first-order chi connectivity index (χ1) is 9.08. The van der Waals surface area contributed by atoms with Gasteiger partial charge in [0.1, 0.15) is 5.75 Å². The van der Waals surface area contributed by atoms with Gasteiger partial charge in [-0.1, -0.05) is 12.1 Å². The Bertz CT molecular complexity index is 580. The minimum Gasteiger partial charge on any atom is -0.489 e. The predicted molar refractivity (Wildman–Crippen MR) is 68.9 cm³/mol. The average Bonchev–Trinajstić information content (AvgIpc) is 2.77. The highest BCUT2D eigenvalue weighted by atomic mass is 16.6. The van der Waals surface area contributed by atoms with E-state index in [9.17, 15) is 4.79 Å². The molecule has 7 heteroatoms. The van der Waals surface area contributed by atoms with Crippen LogP contribution in [0.5, 0.6) is 5.75 Å². The van der Waals surface area contributed by atoms with Gasteiger partial charge in [-0.05, 0) is 36.3 Å². The van der Waals surface area contributed by atoms with Gasteiger partial charge < -0.3 is 15.8 Å². The number of nitrogens with two attached hydrogens (primary N) is 1. The van der Waals surface area contributed by atoms with Crippen LogP contribution in [0.4, 0.5) is 11.5 Å². The number of amides is 1. The molecule has 1 aromatic heterocycles. The number of anilines is 2. The zero-order valence-electron chi connectivity index (χ0n) is 10.6. The Labute approximate surface area is 109 Å². The Hall–Kier alpha value is -2.57. The number of carbonyl (C=O) groups excluding carboxylic acids is 1. The van der Waals surface area contributed by atoms with Crippen molar-refractivity contribution < 1.29 is 14.2 Å². The quantitative estimate of drug-likeness (QED) is 0.869. The van der Waals surface area contributed by atoms with Gasteiger partial charge in [-0.3, -0.25) is 4.79 Å². The number of para-hydroxylation sites is 2. The molecule has 0 atom stereocenters. The van der Waals surface area contributed by atoms with Crippen LogP contribution in [-0.4, -0.2) is 22.3 Å². The van der Waals surface area contributed by atoms with Gasteiger partial charge in [0.25, 0.3) is 5.91 Å². The summed E-state index contributed by atoms with van der Waals surface area (Å²) in [5.41, 5.74) is 5.93. The summed E-state index contributed by atoms with van der Waals surface area (Å²) >= 11 is 0. The van der Waals surface area contributed by atoms with Crippen molar-refractivity contribution in [3.63, 3.8) is 0 Å². The number of hydrogen-bond donors (Lipinski definition) is 2. The second kappa shape index (κ2) is 5.38. The maximum Gasteiger partial charge on any atom is 0.281 e. The van der Waals surface area contributed by atoms with Crippen molar-refractivity contribution in [1.82, 2.24) is 10.3 Å². The number of ether oxygens (including phenoxy) is 1. The molecule has 0 aliphatic rings. The molecule has 2 aromatic rings. The van der Waals surface area contributed by atoms with E-state index < -0.39 is 5.91 Å². The first-order valence-electron chi connectivity index (χ1n) is 5.73.